The van der Waals surface area contributed by atoms with Gasteiger partial charge in [0.1, 0.15) is 0 Å². The quantitative estimate of drug-likeness (QED) is 0.411. The van der Waals surface area contributed by atoms with E-state index in [1.165, 1.54) is 24.8 Å². The highest BCUT2D eigenvalue weighted by atomic mass is 32.1. The Morgan fingerprint density at radius 1 is 1.13 bits per heavy atom. The fourth-order valence-electron chi connectivity index (χ4n) is 6.06. The second-order valence-corrected chi connectivity index (χ2v) is 10.5. The Hall–Kier alpha value is -2.07. The summed E-state index contributed by atoms with van der Waals surface area (Å²) in [7, 11) is 0. The van der Waals surface area contributed by atoms with Crippen LogP contribution in [0.15, 0.2) is 42.5 Å². The molecule has 0 spiro atoms. The van der Waals surface area contributed by atoms with Gasteiger partial charge in [-0.2, -0.15) is 0 Å². The molecule has 0 aromatic heterocycles. The fourth-order valence-corrected chi connectivity index (χ4v) is 6.41. The monoisotopic (exact) mass is 421 g/mol. The number of nitrogen functional groups attached to an aromatic ring is 1. The molecule has 3 nitrogen and oxygen atoms in total. The second-order valence-electron chi connectivity index (χ2n) is 10.1. The topological polar surface area (TPSA) is 50.1 Å². The molecule has 2 aromatic carbocycles. The molecule has 1 saturated carbocycles. The van der Waals surface area contributed by atoms with Gasteiger partial charge in [0.05, 0.1) is 0 Å². The molecule has 0 amide bonds. The molecule has 2 aromatic rings. The first-order chi connectivity index (χ1) is 14.2. The first kappa shape index (κ1) is 21.2. The zero-order valence-electron chi connectivity index (χ0n) is 18.7. The lowest BCUT2D eigenvalue weighted by atomic mass is 9.52. The minimum atomic E-state index is -0.0220. The molecule has 0 heterocycles. The van der Waals surface area contributed by atoms with Crippen LogP contribution in [0.4, 0.5) is 11.4 Å². The SMILES string of the molecule is CC(C)c1ccc2c(c1)CC[C@H]1[C@](C)(NC(=S)Nc3cccc(N)c3)CCC[C@]21C. The predicted molar refractivity (Wildman–Crippen MR) is 132 cm³/mol. The summed E-state index contributed by atoms with van der Waals surface area (Å²) < 4.78 is 0. The van der Waals surface area contributed by atoms with Crippen molar-refractivity contribution < 1.29 is 0 Å². The first-order valence-corrected chi connectivity index (χ1v) is 11.7. The van der Waals surface area contributed by atoms with Crippen molar-refractivity contribution in [3.8, 4) is 0 Å². The van der Waals surface area contributed by atoms with Gasteiger partial charge >= 0.3 is 0 Å². The molecule has 0 bridgehead atoms. The van der Waals surface area contributed by atoms with Crippen molar-refractivity contribution in [1.29, 1.82) is 0 Å². The van der Waals surface area contributed by atoms with Crippen molar-refractivity contribution >= 4 is 28.7 Å². The van der Waals surface area contributed by atoms with Gasteiger partial charge < -0.3 is 16.4 Å². The van der Waals surface area contributed by atoms with Crippen molar-refractivity contribution in [3.63, 3.8) is 0 Å². The minimum absolute atomic E-state index is 0.0220. The summed E-state index contributed by atoms with van der Waals surface area (Å²) in [5.41, 5.74) is 12.3. The highest BCUT2D eigenvalue weighted by Crippen LogP contribution is 2.53. The van der Waals surface area contributed by atoms with Gasteiger partial charge in [-0.25, -0.2) is 0 Å². The van der Waals surface area contributed by atoms with Crippen molar-refractivity contribution in [1.82, 2.24) is 5.32 Å². The number of anilines is 2. The minimum Gasteiger partial charge on any atom is -0.399 e. The maximum atomic E-state index is 5.92. The predicted octanol–water partition coefficient (Wildman–Crippen LogP) is 6.14. The molecular weight excluding hydrogens is 386 g/mol. The summed E-state index contributed by atoms with van der Waals surface area (Å²) in [5.74, 6) is 1.13. The van der Waals surface area contributed by atoms with E-state index in [2.05, 4.69) is 56.5 Å². The average Bonchev–Trinajstić information content (AvgIpc) is 2.67. The Labute approximate surface area is 186 Å². The van der Waals surface area contributed by atoms with Gasteiger partial charge in [0.15, 0.2) is 5.11 Å². The van der Waals surface area contributed by atoms with Gasteiger partial charge in [-0.1, -0.05) is 51.5 Å². The lowest BCUT2D eigenvalue weighted by Crippen LogP contribution is -2.61. The summed E-state index contributed by atoms with van der Waals surface area (Å²) in [6.45, 7) is 9.42. The van der Waals surface area contributed by atoms with Crippen LogP contribution in [-0.2, 0) is 11.8 Å². The number of rotatable bonds is 3. The van der Waals surface area contributed by atoms with Crippen molar-refractivity contribution in [3.05, 3.63) is 59.2 Å². The third-order valence-electron chi connectivity index (χ3n) is 7.59. The molecule has 2 aliphatic carbocycles. The maximum Gasteiger partial charge on any atom is 0.171 e. The number of hydrogen-bond donors (Lipinski definition) is 3. The largest absolute Gasteiger partial charge is 0.399 e. The average molecular weight is 422 g/mol. The summed E-state index contributed by atoms with van der Waals surface area (Å²) in [5, 5.41) is 7.76. The zero-order chi connectivity index (χ0) is 21.5. The molecule has 2 aliphatic rings. The van der Waals surface area contributed by atoms with Crippen molar-refractivity contribution in [2.75, 3.05) is 11.1 Å². The van der Waals surface area contributed by atoms with E-state index in [1.807, 2.05) is 24.3 Å². The number of thiocarbonyl (C=S) groups is 1. The summed E-state index contributed by atoms with van der Waals surface area (Å²) in [6.07, 6.45) is 5.96. The van der Waals surface area contributed by atoms with E-state index in [9.17, 15) is 0 Å². The third kappa shape index (κ3) is 3.82. The molecule has 160 valence electrons. The van der Waals surface area contributed by atoms with Gasteiger partial charge in [-0.3, -0.25) is 0 Å². The molecule has 4 N–H and O–H groups in total. The van der Waals surface area contributed by atoms with Crippen LogP contribution in [-0.4, -0.2) is 10.7 Å². The molecule has 0 aliphatic heterocycles. The molecular formula is C26H35N3S. The van der Waals surface area contributed by atoms with E-state index in [0.717, 1.165) is 24.2 Å². The molecule has 0 unspecified atom stereocenters. The normalized spacial score (nSPS) is 27.8. The number of hydrogen-bond acceptors (Lipinski definition) is 2. The number of fused-ring (bicyclic) bond motifs is 3. The number of nitrogens with two attached hydrogens (primary N) is 1. The Morgan fingerprint density at radius 3 is 2.67 bits per heavy atom. The Balaban J connectivity index is 1.58. The Bertz CT molecular complexity index is 953. The maximum absolute atomic E-state index is 5.92. The molecule has 4 heteroatoms. The van der Waals surface area contributed by atoms with E-state index < -0.39 is 0 Å². The Morgan fingerprint density at radius 2 is 1.93 bits per heavy atom. The van der Waals surface area contributed by atoms with E-state index in [0.29, 0.717) is 16.9 Å². The van der Waals surface area contributed by atoms with Gasteiger partial charge in [0.25, 0.3) is 0 Å². The van der Waals surface area contributed by atoms with Crippen LogP contribution in [0.25, 0.3) is 0 Å². The smallest absolute Gasteiger partial charge is 0.171 e. The van der Waals surface area contributed by atoms with Gasteiger partial charge in [-0.05, 0) is 97.0 Å². The second kappa shape index (κ2) is 7.88. The van der Waals surface area contributed by atoms with Crippen LogP contribution < -0.4 is 16.4 Å². The molecule has 1 fully saturated rings. The van der Waals surface area contributed by atoms with Gasteiger partial charge in [0.2, 0.25) is 0 Å². The highest BCUT2D eigenvalue weighted by Gasteiger charge is 2.52. The van der Waals surface area contributed by atoms with Crippen LogP contribution in [0.2, 0.25) is 0 Å². The van der Waals surface area contributed by atoms with Crippen molar-refractivity contribution in [2.24, 2.45) is 5.92 Å². The molecule has 4 rings (SSSR count). The number of aryl methyl sites for hydroxylation is 1. The third-order valence-corrected chi connectivity index (χ3v) is 7.79. The van der Waals surface area contributed by atoms with Crippen LogP contribution >= 0.6 is 12.2 Å². The zero-order valence-corrected chi connectivity index (χ0v) is 19.5. The highest BCUT2D eigenvalue weighted by molar-refractivity contribution is 7.80. The van der Waals surface area contributed by atoms with Gasteiger partial charge in [0, 0.05) is 16.9 Å². The fraction of sp³-hybridized carbons (Fsp3) is 0.500. The van der Waals surface area contributed by atoms with E-state index >= 15 is 0 Å². The number of nitrogens with one attached hydrogen (secondary N) is 2. The molecule has 0 radical (unpaired) electrons. The van der Waals surface area contributed by atoms with Crippen molar-refractivity contribution in [2.45, 2.75) is 76.7 Å². The van der Waals surface area contributed by atoms with Crippen LogP contribution in [0.1, 0.15) is 76.0 Å². The summed E-state index contributed by atoms with van der Waals surface area (Å²) >= 11 is 5.72. The van der Waals surface area contributed by atoms with Gasteiger partial charge in [-0.15, -0.1) is 0 Å². The van der Waals surface area contributed by atoms with Crippen LogP contribution in [0, 0.1) is 5.92 Å². The van der Waals surface area contributed by atoms with Crippen LogP contribution in [0.3, 0.4) is 0 Å². The summed E-state index contributed by atoms with van der Waals surface area (Å²) in [4.78, 5) is 0. The van der Waals surface area contributed by atoms with E-state index in [-0.39, 0.29) is 11.0 Å². The van der Waals surface area contributed by atoms with E-state index in [4.69, 9.17) is 18.0 Å². The Kier molecular flexibility index (Phi) is 5.56. The lowest BCUT2D eigenvalue weighted by Gasteiger charge is -2.56. The lowest BCUT2D eigenvalue weighted by molar-refractivity contribution is 0.0770. The molecule has 0 saturated heterocycles. The van der Waals surface area contributed by atoms with Crippen LogP contribution in [0.5, 0.6) is 0 Å². The standard InChI is InChI=1S/C26H35N3S/c1-17(2)18-9-11-22-19(15-18)10-12-23-25(22,3)13-6-14-26(23,4)29-24(30)28-21-8-5-7-20(27)16-21/h5,7-9,11,15-17,23H,6,10,12-14,27H2,1-4H3,(H2,28,29,30)/t23-,25-,26-/m1/s1. The number of benzene rings is 2. The molecule has 3 atom stereocenters. The summed E-state index contributed by atoms with van der Waals surface area (Å²) in [6, 6.07) is 15.0. The van der Waals surface area contributed by atoms with E-state index in [1.54, 1.807) is 11.1 Å². The first-order valence-electron chi connectivity index (χ1n) is 11.3. The molecule has 30 heavy (non-hydrogen) atoms.